The lowest BCUT2D eigenvalue weighted by molar-refractivity contribution is -0.121. The highest BCUT2D eigenvalue weighted by atomic mass is 32.2. The zero-order chi connectivity index (χ0) is 18.7. The van der Waals surface area contributed by atoms with Crippen molar-refractivity contribution >= 4 is 33.2 Å². The Morgan fingerprint density at radius 1 is 1.19 bits per heavy atom. The number of piperidine rings is 1. The van der Waals surface area contributed by atoms with Gasteiger partial charge >= 0.3 is 0 Å². The van der Waals surface area contributed by atoms with Crippen molar-refractivity contribution in [1.82, 2.24) is 9.73 Å². The standard InChI is InChI=1S/C17H22N4O4S/c1-12-5-6-13(26(24,25)21-9-3-2-4-10-21)11-15(12)18-17(23)14-7-8-16(22)20-19-14/h5-6,11H,2-4,7-10H2,1H3,(H,18,23)(H,20,22). The molecule has 140 valence electrons. The molecule has 8 nitrogen and oxygen atoms in total. The molecule has 0 unspecified atom stereocenters. The van der Waals surface area contributed by atoms with Crippen molar-refractivity contribution < 1.29 is 18.0 Å². The summed E-state index contributed by atoms with van der Waals surface area (Å²) in [6, 6.07) is 4.73. The van der Waals surface area contributed by atoms with Crippen LogP contribution in [0.4, 0.5) is 5.69 Å². The summed E-state index contributed by atoms with van der Waals surface area (Å²) in [6.45, 7) is 2.83. The monoisotopic (exact) mass is 378 g/mol. The Kier molecular flexibility index (Phi) is 5.38. The van der Waals surface area contributed by atoms with Gasteiger partial charge in [-0.2, -0.15) is 9.41 Å². The van der Waals surface area contributed by atoms with E-state index < -0.39 is 15.9 Å². The number of rotatable bonds is 4. The molecular weight excluding hydrogens is 356 g/mol. The third kappa shape index (κ3) is 3.94. The van der Waals surface area contributed by atoms with Gasteiger partial charge in [-0.3, -0.25) is 9.59 Å². The number of aryl methyl sites for hydroxylation is 1. The van der Waals surface area contributed by atoms with E-state index in [1.165, 1.54) is 10.4 Å². The molecule has 0 radical (unpaired) electrons. The molecule has 0 aromatic heterocycles. The van der Waals surface area contributed by atoms with E-state index in [0.29, 0.717) is 18.8 Å². The summed E-state index contributed by atoms with van der Waals surface area (Å²) in [5.74, 6) is -0.673. The van der Waals surface area contributed by atoms with Crippen LogP contribution < -0.4 is 10.7 Å². The molecule has 2 N–H and O–H groups in total. The largest absolute Gasteiger partial charge is 0.321 e. The molecule has 0 saturated carbocycles. The molecular formula is C17H22N4O4S. The fraction of sp³-hybridized carbons (Fsp3) is 0.471. The Bertz CT molecular complexity index is 858. The maximum atomic E-state index is 12.8. The molecule has 0 aliphatic carbocycles. The zero-order valence-corrected chi connectivity index (χ0v) is 15.4. The molecule has 1 aromatic rings. The SMILES string of the molecule is Cc1ccc(S(=O)(=O)N2CCCCC2)cc1NC(=O)C1=NNC(=O)CC1. The van der Waals surface area contributed by atoms with Gasteiger partial charge in [0.15, 0.2) is 0 Å². The Hall–Kier alpha value is -2.26. The minimum absolute atomic E-state index is 0.166. The van der Waals surface area contributed by atoms with Crippen LogP contribution in [-0.4, -0.2) is 43.3 Å². The van der Waals surface area contributed by atoms with Crippen LogP contribution in [0.3, 0.4) is 0 Å². The third-order valence-corrected chi connectivity index (χ3v) is 6.47. The van der Waals surface area contributed by atoms with Gasteiger partial charge in [0, 0.05) is 31.6 Å². The molecule has 9 heteroatoms. The van der Waals surface area contributed by atoms with Crippen LogP contribution in [0.5, 0.6) is 0 Å². The third-order valence-electron chi connectivity index (χ3n) is 4.58. The average molecular weight is 378 g/mol. The number of nitrogens with one attached hydrogen (secondary N) is 2. The average Bonchev–Trinajstić information content (AvgIpc) is 2.64. The number of carbonyl (C=O) groups excluding carboxylic acids is 2. The summed E-state index contributed by atoms with van der Waals surface area (Å²) in [7, 11) is -3.57. The first-order chi connectivity index (χ1) is 12.4. The van der Waals surface area contributed by atoms with Crippen LogP contribution in [0.25, 0.3) is 0 Å². The van der Waals surface area contributed by atoms with E-state index >= 15 is 0 Å². The number of sulfonamides is 1. The number of hydrazone groups is 1. The Balaban J connectivity index is 1.81. The van der Waals surface area contributed by atoms with Gasteiger partial charge in [-0.15, -0.1) is 0 Å². The summed E-state index contributed by atoms with van der Waals surface area (Å²) < 4.78 is 27.1. The van der Waals surface area contributed by atoms with Gasteiger partial charge in [0.1, 0.15) is 5.71 Å². The van der Waals surface area contributed by atoms with E-state index in [1.54, 1.807) is 19.1 Å². The van der Waals surface area contributed by atoms with Gasteiger partial charge in [-0.25, -0.2) is 13.8 Å². The Morgan fingerprint density at radius 2 is 1.92 bits per heavy atom. The van der Waals surface area contributed by atoms with Crippen LogP contribution >= 0.6 is 0 Å². The highest BCUT2D eigenvalue weighted by Gasteiger charge is 2.27. The second kappa shape index (κ2) is 7.55. The first-order valence-electron chi connectivity index (χ1n) is 8.65. The molecule has 2 heterocycles. The van der Waals surface area contributed by atoms with Crippen LogP contribution in [0, 0.1) is 6.92 Å². The Labute approximate surface area is 152 Å². The Morgan fingerprint density at radius 3 is 2.58 bits per heavy atom. The summed E-state index contributed by atoms with van der Waals surface area (Å²) in [5.41, 5.74) is 3.66. The van der Waals surface area contributed by atoms with Crippen molar-refractivity contribution in [2.45, 2.75) is 43.9 Å². The van der Waals surface area contributed by atoms with E-state index in [-0.39, 0.29) is 29.4 Å². The molecule has 3 rings (SSSR count). The molecule has 2 aliphatic heterocycles. The molecule has 0 spiro atoms. The first kappa shape index (κ1) is 18.5. The number of hydrogen-bond donors (Lipinski definition) is 2. The number of benzene rings is 1. The van der Waals surface area contributed by atoms with E-state index in [9.17, 15) is 18.0 Å². The van der Waals surface area contributed by atoms with Crippen molar-refractivity contribution in [2.24, 2.45) is 5.10 Å². The van der Waals surface area contributed by atoms with E-state index in [1.807, 2.05) is 0 Å². The fourth-order valence-electron chi connectivity index (χ4n) is 2.98. The van der Waals surface area contributed by atoms with Gasteiger partial charge in [-0.05, 0) is 37.5 Å². The second-order valence-corrected chi connectivity index (χ2v) is 8.43. The molecule has 1 fully saturated rings. The van der Waals surface area contributed by atoms with Gasteiger partial charge in [0.25, 0.3) is 5.91 Å². The predicted octanol–water partition coefficient (Wildman–Crippen LogP) is 1.37. The van der Waals surface area contributed by atoms with E-state index in [4.69, 9.17) is 0 Å². The lowest BCUT2D eigenvalue weighted by Gasteiger charge is -2.26. The van der Waals surface area contributed by atoms with Crippen LogP contribution in [-0.2, 0) is 19.6 Å². The van der Waals surface area contributed by atoms with E-state index in [2.05, 4.69) is 15.8 Å². The highest BCUT2D eigenvalue weighted by molar-refractivity contribution is 7.89. The number of anilines is 1. The molecule has 2 aliphatic rings. The minimum Gasteiger partial charge on any atom is -0.321 e. The van der Waals surface area contributed by atoms with E-state index in [0.717, 1.165) is 24.8 Å². The number of nitrogens with zero attached hydrogens (tertiary/aromatic N) is 2. The second-order valence-electron chi connectivity index (χ2n) is 6.49. The normalized spacial score (nSPS) is 18.8. The summed E-state index contributed by atoms with van der Waals surface area (Å²) in [4.78, 5) is 23.6. The van der Waals surface area contributed by atoms with Gasteiger partial charge in [-0.1, -0.05) is 12.5 Å². The van der Waals surface area contributed by atoms with Gasteiger partial charge in [0.05, 0.1) is 4.90 Å². The van der Waals surface area contributed by atoms with Crippen molar-refractivity contribution in [3.63, 3.8) is 0 Å². The van der Waals surface area contributed by atoms with Crippen LogP contribution in [0.2, 0.25) is 0 Å². The maximum absolute atomic E-state index is 12.8. The molecule has 26 heavy (non-hydrogen) atoms. The van der Waals surface area contributed by atoms with Crippen LogP contribution in [0.15, 0.2) is 28.2 Å². The van der Waals surface area contributed by atoms with Gasteiger partial charge < -0.3 is 5.32 Å². The van der Waals surface area contributed by atoms with Crippen molar-refractivity contribution in [3.05, 3.63) is 23.8 Å². The number of carbonyl (C=O) groups is 2. The molecule has 2 amide bonds. The number of amides is 2. The minimum atomic E-state index is -3.57. The van der Waals surface area contributed by atoms with Crippen molar-refractivity contribution in [2.75, 3.05) is 18.4 Å². The fourth-order valence-corrected chi connectivity index (χ4v) is 4.53. The van der Waals surface area contributed by atoms with Crippen molar-refractivity contribution in [1.29, 1.82) is 0 Å². The molecule has 0 atom stereocenters. The highest BCUT2D eigenvalue weighted by Crippen LogP contribution is 2.25. The summed E-state index contributed by atoms with van der Waals surface area (Å²) in [5, 5.41) is 6.47. The van der Waals surface area contributed by atoms with Crippen LogP contribution in [0.1, 0.15) is 37.7 Å². The molecule has 1 saturated heterocycles. The number of hydrogen-bond acceptors (Lipinski definition) is 5. The zero-order valence-electron chi connectivity index (χ0n) is 14.6. The first-order valence-corrected chi connectivity index (χ1v) is 10.1. The summed E-state index contributed by atoms with van der Waals surface area (Å²) >= 11 is 0. The van der Waals surface area contributed by atoms with Gasteiger partial charge in [0.2, 0.25) is 15.9 Å². The maximum Gasteiger partial charge on any atom is 0.271 e. The molecule has 0 bridgehead atoms. The topological polar surface area (TPSA) is 108 Å². The van der Waals surface area contributed by atoms with Crippen molar-refractivity contribution in [3.8, 4) is 0 Å². The predicted molar refractivity (Wildman–Crippen MR) is 97.2 cm³/mol. The quantitative estimate of drug-likeness (QED) is 0.825. The lowest BCUT2D eigenvalue weighted by atomic mass is 10.1. The lowest BCUT2D eigenvalue weighted by Crippen LogP contribution is -2.35. The summed E-state index contributed by atoms with van der Waals surface area (Å²) in [6.07, 6.45) is 3.22. The smallest absolute Gasteiger partial charge is 0.271 e. The molecule has 1 aromatic carbocycles.